The van der Waals surface area contributed by atoms with Crippen molar-refractivity contribution in [3.8, 4) is 0 Å². The summed E-state index contributed by atoms with van der Waals surface area (Å²) < 4.78 is 33.0. The number of aryl methyl sites for hydroxylation is 1. The van der Waals surface area contributed by atoms with Gasteiger partial charge in [0.15, 0.2) is 0 Å². The fraction of sp³-hybridized carbons (Fsp3) is 0.538. The third kappa shape index (κ3) is 4.02. The van der Waals surface area contributed by atoms with E-state index in [1.165, 1.54) is 0 Å². The number of nitrogens with one attached hydrogen (secondary N) is 1. The molecule has 0 spiro atoms. The van der Waals surface area contributed by atoms with E-state index in [9.17, 15) is 8.42 Å². The SMILES string of the molecule is Cc1ccc(S(=O)(=O)NCCC2CCCO2)c(Br)c1. The van der Waals surface area contributed by atoms with Crippen molar-refractivity contribution >= 4 is 26.0 Å². The molecule has 1 aliphatic heterocycles. The predicted molar refractivity (Wildman–Crippen MR) is 77.7 cm³/mol. The molecular weight excluding hydrogens is 330 g/mol. The van der Waals surface area contributed by atoms with Crippen LogP contribution in [0.1, 0.15) is 24.8 Å². The van der Waals surface area contributed by atoms with Crippen LogP contribution < -0.4 is 4.72 Å². The highest BCUT2D eigenvalue weighted by molar-refractivity contribution is 9.10. The van der Waals surface area contributed by atoms with Crippen molar-refractivity contribution < 1.29 is 13.2 Å². The van der Waals surface area contributed by atoms with Gasteiger partial charge in [-0.05, 0) is 59.8 Å². The molecule has 0 radical (unpaired) electrons. The van der Waals surface area contributed by atoms with Crippen LogP contribution in [0.15, 0.2) is 27.6 Å². The average molecular weight is 348 g/mol. The number of hydrogen-bond acceptors (Lipinski definition) is 3. The van der Waals surface area contributed by atoms with Crippen molar-refractivity contribution in [3.05, 3.63) is 28.2 Å². The van der Waals surface area contributed by atoms with Gasteiger partial charge in [0.1, 0.15) is 0 Å². The summed E-state index contributed by atoms with van der Waals surface area (Å²) in [4.78, 5) is 0.283. The molecule has 19 heavy (non-hydrogen) atoms. The Morgan fingerprint density at radius 2 is 2.26 bits per heavy atom. The molecule has 0 bridgehead atoms. The molecule has 1 fully saturated rings. The standard InChI is InChI=1S/C13H18BrNO3S/c1-10-4-5-13(12(14)9-10)19(16,17)15-7-6-11-3-2-8-18-11/h4-5,9,11,15H,2-3,6-8H2,1H3. The lowest BCUT2D eigenvalue weighted by atomic mass is 10.2. The van der Waals surface area contributed by atoms with Gasteiger partial charge in [0.2, 0.25) is 10.0 Å². The van der Waals surface area contributed by atoms with Crippen LogP contribution in [-0.4, -0.2) is 27.7 Å². The smallest absolute Gasteiger partial charge is 0.241 e. The highest BCUT2D eigenvalue weighted by atomic mass is 79.9. The van der Waals surface area contributed by atoms with E-state index in [-0.39, 0.29) is 11.0 Å². The molecule has 4 nitrogen and oxygen atoms in total. The second-order valence-corrected chi connectivity index (χ2v) is 7.35. The van der Waals surface area contributed by atoms with Gasteiger partial charge in [-0.15, -0.1) is 0 Å². The molecular formula is C13H18BrNO3S. The van der Waals surface area contributed by atoms with Gasteiger partial charge in [-0.2, -0.15) is 0 Å². The van der Waals surface area contributed by atoms with Crippen molar-refractivity contribution in [1.29, 1.82) is 0 Å². The maximum atomic E-state index is 12.2. The van der Waals surface area contributed by atoms with E-state index in [4.69, 9.17) is 4.74 Å². The molecule has 0 aromatic heterocycles. The first-order valence-electron chi connectivity index (χ1n) is 6.36. The highest BCUT2D eigenvalue weighted by Crippen LogP contribution is 2.23. The number of rotatable bonds is 5. The lowest BCUT2D eigenvalue weighted by molar-refractivity contribution is 0.105. The summed E-state index contributed by atoms with van der Waals surface area (Å²) in [6.07, 6.45) is 3.02. The molecule has 1 N–H and O–H groups in total. The maximum Gasteiger partial charge on any atom is 0.241 e. The van der Waals surface area contributed by atoms with Gasteiger partial charge in [-0.3, -0.25) is 0 Å². The van der Waals surface area contributed by atoms with Crippen LogP contribution in [0.25, 0.3) is 0 Å². The molecule has 1 aliphatic rings. The summed E-state index contributed by atoms with van der Waals surface area (Å²) in [7, 11) is -3.45. The summed E-state index contributed by atoms with van der Waals surface area (Å²) in [5.41, 5.74) is 1.02. The second-order valence-electron chi connectivity index (χ2n) is 4.76. The van der Waals surface area contributed by atoms with Gasteiger partial charge in [0.25, 0.3) is 0 Å². The minimum absolute atomic E-state index is 0.198. The number of sulfonamides is 1. The Morgan fingerprint density at radius 1 is 1.47 bits per heavy atom. The zero-order chi connectivity index (χ0) is 13.9. The largest absolute Gasteiger partial charge is 0.378 e. The lowest BCUT2D eigenvalue weighted by Crippen LogP contribution is -2.27. The van der Waals surface area contributed by atoms with E-state index in [1.54, 1.807) is 18.2 Å². The Kier molecular flexibility index (Phi) is 5.00. The Bertz CT molecular complexity index is 539. The van der Waals surface area contributed by atoms with Crippen LogP contribution in [0.3, 0.4) is 0 Å². The summed E-state index contributed by atoms with van der Waals surface area (Å²) in [6.45, 7) is 3.13. The minimum Gasteiger partial charge on any atom is -0.378 e. The molecule has 1 aromatic carbocycles. The summed E-state index contributed by atoms with van der Waals surface area (Å²) >= 11 is 3.30. The molecule has 1 aromatic rings. The highest BCUT2D eigenvalue weighted by Gasteiger charge is 2.19. The first kappa shape index (κ1) is 15.0. The van der Waals surface area contributed by atoms with Gasteiger partial charge >= 0.3 is 0 Å². The Hall–Kier alpha value is -0.430. The zero-order valence-corrected chi connectivity index (χ0v) is 13.3. The van der Waals surface area contributed by atoms with Gasteiger partial charge in [0, 0.05) is 17.6 Å². The fourth-order valence-corrected chi connectivity index (χ4v) is 4.37. The maximum absolute atomic E-state index is 12.2. The van der Waals surface area contributed by atoms with Crippen LogP contribution in [0.2, 0.25) is 0 Å². The van der Waals surface area contributed by atoms with E-state index >= 15 is 0 Å². The Balaban J connectivity index is 1.97. The second kappa shape index (κ2) is 6.35. The summed E-state index contributed by atoms with van der Waals surface area (Å²) in [5.74, 6) is 0. The van der Waals surface area contributed by atoms with Crippen molar-refractivity contribution in [2.75, 3.05) is 13.2 Å². The Labute approximate surface area is 122 Å². The van der Waals surface area contributed by atoms with E-state index < -0.39 is 10.0 Å². The quantitative estimate of drug-likeness (QED) is 0.890. The lowest BCUT2D eigenvalue weighted by Gasteiger charge is -2.11. The van der Waals surface area contributed by atoms with Crippen molar-refractivity contribution in [2.45, 2.75) is 37.2 Å². The normalized spacial score (nSPS) is 19.8. The molecule has 0 aliphatic carbocycles. The molecule has 1 atom stereocenters. The molecule has 1 heterocycles. The predicted octanol–water partition coefficient (Wildman–Crippen LogP) is 2.60. The topological polar surface area (TPSA) is 55.4 Å². The number of hydrogen-bond donors (Lipinski definition) is 1. The average Bonchev–Trinajstić information content (AvgIpc) is 2.81. The van der Waals surface area contributed by atoms with Gasteiger partial charge in [-0.25, -0.2) is 13.1 Å². The number of benzene rings is 1. The summed E-state index contributed by atoms with van der Waals surface area (Å²) in [5, 5.41) is 0. The first-order chi connectivity index (χ1) is 8.99. The number of ether oxygens (including phenoxy) is 1. The van der Waals surface area contributed by atoms with E-state index in [0.29, 0.717) is 11.0 Å². The third-order valence-corrected chi connectivity index (χ3v) is 5.60. The fourth-order valence-electron chi connectivity index (χ4n) is 2.13. The zero-order valence-electron chi connectivity index (χ0n) is 10.9. The minimum atomic E-state index is -3.45. The van der Waals surface area contributed by atoms with Gasteiger partial charge in [-0.1, -0.05) is 6.07 Å². The van der Waals surface area contributed by atoms with E-state index in [1.807, 2.05) is 6.92 Å². The molecule has 0 amide bonds. The summed E-state index contributed by atoms with van der Waals surface area (Å²) in [6, 6.07) is 5.21. The van der Waals surface area contributed by atoms with Crippen molar-refractivity contribution in [1.82, 2.24) is 4.72 Å². The molecule has 6 heteroatoms. The van der Waals surface area contributed by atoms with Crippen LogP contribution in [0.4, 0.5) is 0 Å². The Morgan fingerprint density at radius 3 is 2.89 bits per heavy atom. The molecule has 1 saturated heterocycles. The third-order valence-electron chi connectivity index (χ3n) is 3.16. The van der Waals surface area contributed by atoms with Crippen LogP contribution >= 0.6 is 15.9 Å². The van der Waals surface area contributed by atoms with E-state index in [2.05, 4.69) is 20.7 Å². The van der Waals surface area contributed by atoms with E-state index in [0.717, 1.165) is 31.4 Å². The molecule has 0 saturated carbocycles. The first-order valence-corrected chi connectivity index (χ1v) is 8.64. The monoisotopic (exact) mass is 347 g/mol. The number of halogens is 1. The van der Waals surface area contributed by atoms with Gasteiger partial charge in [0.05, 0.1) is 11.0 Å². The van der Waals surface area contributed by atoms with Crippen molar-refractivity contribution in [3.63, 3.8) is 0 Å². The van der Waals surface area contributed by atoms with Crippen molar-refractivity contribution in [2.24, 2.45) is 0 Å². The molecule has 2 rings (SSSR count). The van der Waals surface area contributed by atoms with Gasteiger partial charge < -0.3 is 4.74 Å². The van der Waals surface area contributed by atoms with Crippen LogP contribution in [0.5, 0.6) is 0 Å². The molecule has 1 unspecified atom stereocenters. The molecule has 106 valence electrons. The van der Waals surface area contributed by atoms with Crippen LogP contribution in [-0.2, 0) is 14.8 Å². The van der Waals surface area contributed by atoms with Crippen LogP contribution in [0, 0.1) is 6.92 Å².